The number of nitrogens with zero attached hydrogens (tertiary/aromatic N) is 1. The molecule has 6 heteroatoms. The molecule has 0 heterocycles. The zero-order valence-corrected chi connectivity index (χ0v) is 13.6. The van der Waals surface area contributed by atoms with Gasteiger partial charge in [0.05, 0.1) is 10.5 Å². The van der Waals surface area contributed by atoms with Crippen LogP contribution in [0, 0.1) is 10.1 Å². The molecule has 0 atom stereocenters. The molecule has 1 aromatic rings. The number of anilines is 1. The number of hydrogen-bond acceptors (Lipinski definition) is 4. The fourth-order valence-electron chi connectivity index (χ4n) is 1.65. The van der Waals surface area contributed by atoms with E-state index in [1.165, 1.54) is 12.1 Å². The summed E-state index contributed by atoms with van der Waals surface area (Å²) in [6.07, 6.45) is 0. The van der Waals surface area contributed by atoms with Gasteiger partial charge < -0.3 is 10.2 Å². The van der Waals surface area contributed by atoms with Gasteiger partial charge in [-0.3, -0.25) is 10.1 Å². The van der Waals surface area contributed by atoms with Crippen LogP contribution in [0.25, 0.3) is 0 Å². The molecule has 0 aromatic heterocycles. The van der Waals surface area contributed by atoms with Crippen LogP contribution in [-0.4, -0.2) is 14.7 Å². The summed E-state index contributed by atoms with van der Waals surface area (Å²) >= 11 is 0. The molecule has 0 aliphatic carbocycles. The van der Waals surface area contributed by atoms with Crippen LogP contribution < -0.4 is 5.73 Å². The standard InChI is InChI=1S/C13H22N2O3Si/c1-12(2,3)19-18-13(4,5)10-8-9(15(16)17)6-7-11(10)14/h6-8H,14,19H2,1-5H3. The SMILES string of the molecule is CC(C)(C)[SiH2]OC(C)(C)c1cc([N+](=O)[O-])ccc1N. The van der Waals surface area contributed by atoms with Crippen molar-refractivity contribution in [1.82, 2.24) is 0 Å². The molecule has 0 spiro atoms. The van der Waals surface area contributed by atoms with E-state index in [1.54, 1.807) is 6.07 Å². The molecular formula is C13H22N2O3Si. The van der Waals surface area contributed by atoms with Crippen molar-refractivity contribution in [1.29, 1.82) is 0 Å². The summed E-state index contributed by atoms with van der Waals surface area (Å²) in [5, 5.41) is 11.0. The lowest BCUT2D eigenvalue weighted by Crippen LogP contribution is -2.28. The number of benzene rings is 1. The quantitative estimate of drug-likeness (QED) is 0.398. The van der Waals surface area contributed by atoms with E-state index in [1.807, 2.05) is 13.8 Å². The van der Waals surface area contributed by atoms with Gasteiger partial charge in [-0.05, 0) is 25.0 Å². The average molecular weight is 282 g/mol. The first-order valence-corrected chi connectivity index (χ1v) is 7.50. The number of nitro groups is 1. The van der Waals surface area contributed by atoms with Gasteiger partial charge in [0, 0.05) is 23.4 Å². The second-order valence-corrected chi connectivity index (χ2v) is 9.09. The molecule has 5 nitrogen and oxygen atoms in total. The van der Waals surface area contributed by atoms with Crippen LogP contribution in [0.15, 0.2) is 18.2 Å². The molecule has 0 aliphatic rings. The first-order chi connectivity index (χ1) is 8.53. The summed E-state index contributed by atoms with van der Waals surface area (Å²) < 4.78 is 6.03. The Morgan fingerprint density at radius 3 is 2.32 bits per heavy atom. The topological polar surface area (TPSA) is 78.4 Å². The number of nitrogens with two attached hydrogens (primary N) is 1. The molecule has 0 radical (unpaired) electrons. The third-order valence-electron chi connectivity index (χ3n) is 2.76. The van der Waals surface area contributed by atoms with Crippen molar-refractivity contribution in [3.63, 3.8) is 0 Å². The predicted molar refractivity (Wildman–Crippen MR) is 79.9 cm³/mol. The number of nitrogen functional groups attached to an aromatic ring is 1. The van der Waals surface area contributed by atoms with Crippen LogP contribution in [0.5, 0.6) is 0 Å². The van der Waals surface area contributed by atoms with Crippen LogP contribution in [0.1, 0.15) is 40.2 Å². The van der Waals surface area contributed by atoms with Gasteiger partial charge in [0.25, 0.3) is 5.69 Å². The highest BCUT2D eigenvalue weighted by Gasteiger charge is 2.27. The van der Waals surface area contributed by atoms with Crippen LogP contribution in [0.3, 0.4) is 0 Å². The lowest BCUT2D eigenvalue weighted by molar-refractivity contribution is -0.385. The molecule has 0 amide bonds. The van der Waals surface area contributed by atoms with Gasteiger partial charge in [0.2, 0.25) is 0 Å². The minimum atomic E-state index is -0.771. The third-order valence-corrected chi connectivity index (χ3v) is 4.49. The zero-order chi connectivity index (χ0) is 14.8. The Hall–Kier alpha value is -1.40. The summed E-state index contributed by atoms with van der Waals surface area (Å²) in [6, 6.07) is 4.49. The predicted octanol–water partition coefficient (Wildman–Crippen LogP) is 2.73. The normalized spacial score (nSPS) is 13.1. The van der Waals surface area contributed by atoms with E-state index in [9.17, 15) is 10.1 Å². The van der Waals surface area contributed by atoms with Crippen molar-refractivity contribution < 1.29 is 9.35 Å². The minimum Gasteiger partial charge on any atom is -0.414 e. The summed E-state index contributed by atoms with van der Waals surface area (Å²) in [4.78, 5) is 10.4. The highest BCUT2D eigenvalue weighted by molar-refractivity contribution is 6.31. The fraction of sp³-hybridized carbons (Fsp3) is 0.538. The van der Waals surface area contributed by atoms with Crippen LogP contribution in [0.2, 0.25) is 5.04 Å². The van der Waals surface area contributed by atoms with E-state index in [0.29, 0.717) is 11.3 Å². The lowest BCUT2D eigenvalue weighted by Gasteiger charge is -2.31. The van der Waals surface area contributed by atoms with Crippen molar-refractivity contribution in [2.24, 2.45) is 0 Å². The molecule has 0 unspecified atom stereocenters. The van der Waals surface area contributed by atoms with E-state index in [4.69, 9.17) is 10.2 Å². The second kappa shape index (κ2) is 5.30. The lowest BCUT2D eigenvalue weighted by atomic mass is 9.96. The Kier molecular flexibility index (Phi) is 4.37. The summed E-state index contributed by atoms with van der Waals surface area (Å²) in [5.41, 5.74) is 6.57. The van der Waals surface area contributed by atoms with Crippen molar-refractivity contribution in [3.05, 3.63) is 33.9 Å². The first kappa shape index (κ1) is 15.7. The molecular weight excluding hydrogens is 260 g/mol. The Bertz CT molecular complexity index is 481. The van der Waals surface area contributed by atoms with Gasteiger partial charge in [0.15, 0.2) is 9.76 Å². The summed E-state index contributed by atoms with van der Waals surface area (Å²) in [5.74, 6) is 0. The monoisotopic (exact) mass is 282 g/mol. The first-order valence-electron chi connectivity index (χ1n) is 6.21. The van der Waals surface area contributed by atoms with Gasteiger partial charge in [-0.1, -0.05) is 20.8 Å². The molecule has 0 saturated heterocycles. The molecule has 0 aliphatic heterocycles. The maximum Gasteiger partial charge on any atom is 0.269 e. The molecule has 0 bridgehead atoms. The van der Waals surface area contributed by atoms with Crippen molar-refractivity contribution >= 4 is 21.1 Å². The third kappa shape index (κ3) is 4.32. The summed E-state index contributed by atoms with van der Waals surface area (Å²) in [7, 11) is -0.771. The molecule has 2 N–H and O–H groups in total. The van der Waals surface area contributed by atoms with Gasteiger partial charge in [-0.2, -0.15) is 0 Å². The summed E-state index contributed by atoms with van der Waals surface area (Å²) in [6.45, 7) is 10.2. The van der Waals surface area contributed by atoms with Gasteiger partial charge in [-0.15, -0.1) is 0 Å². The highest BCUT2D eigenvalue weighted by atomic mass is 28.2. The molecule has 0 saturated carbocycles. The van der Waals surface area contributed by atoms with Crippen molar-refractivity contribution in [3.8, 4) is 0 Å². The Morgan fingerprint density at radius 2 is 1.84 bits per heavy atom. The van der Waals surface area contributed by atoms with Gasteiger partial charge in [-0.25, -0.2) is 0 Å². The Balaban J connectivity index is 3.06. The van der Waals surface area contributed by atoms with Gasteiger partial charge in [0.1, 0.15) is 0 Å². The van der Waals surface area contributed by atoms with Crippen molar-refractivity contribution in [2.75, 3.05) is 5.73 Å². The maximum absolute atomic E-state index is 10.8. The molecule has 106 valence electrons. The minimum absolute atomic E-state index is 0.0401. The maximum atomic E-state index is 10.8. The number of rotatable bonds is 4. The molecule has 0 fully saturated rings. The van der Waals surface area contributed by atoms with Gasteiger partial charge >= 0.3 is 0 Å². The van der Waals surface area contributed by atoms with Crippen LogP contribution >= 0.6 is 0 Å². The number of nitro benzene ring substituents is 1. The van der Waals surface area contributed by atoms with E-state index < -0.39 is 20.3 Å². The average Bonchev–Trinajstić information content (AvgIpc) is 2.25. The molecule has 1 rings (SSSR count). The number of non-ortho nitro benzene ring substituents is 1. The van der Waals surface area contributed by atoms with Crippen LogP contribution in [-0.2, 0) is 10.0 Å². The Labute approximate surface area is 116 Å². The van der Waals surface area contributed by atoms with E-state index in [0.717, 1.165) is 0 Å². The molecule has 1 aromatic carbocycles. The van der Waals surface area contributed by atoms with E-state index >= 15 is 0 Å². The zero-order valence-electron chi connectivity index (χ0n) is 12.2. The van der Waals surface area contributed by atoms with E-state index in [2.05, 4.69) is 20.8 Å². The number of hydrogen-bond donors (Lipinski definition) is 1. The van der Waals surface area contributed by atoms with Crippen molar-refractivity contribution in [2.45, 2.75) is 45.3 Å². The highest BCUT2D eigenvalue weighted by Crippen LogP contribution is 2.34. The van der Waals surface area contributed by atoms with E-state index in [-0.39, 0.29) is 10.7 Å². The smallest absolute Gasteiger partial charge is 0.269 e. The Morgan fingerprint density at radius 1 is 1.26 bits per heavy atom. The largest absolute Gasteiger partial charge is 0.414 e. The van der Waals surface area contributed by atoms with Crippen LogP contribution in [0.4, 0.5) is 11.4 Å². The second-order valence-electron chi connectivity index (χ2n) is 6.39. The molecule has 19 heavy (non-hydrogen) atoms. The fourth-order valence-corrected chi connectivity index (χ4v) is 2.60.